The van der Waals surface area contributed by atoms with Crippen LogP contribution in [0.1, 0.15) is 38.2 Å². The molecule has 0 radical (unpaired) electrons. The van der Waals surface area contributed by atoms with Gasteiger partial charge in [-0.2, -0.15) is 0 Å². The van der Waals surface area contributed by atoms with Crippen molar-refractivity contribution in [2.45, 2.75) is 45.2 Å². The normalized spacial score (nSPS) is 22.6. The molecule has 1 aromatic rings. The van der Waals surface area contributed by atoms with E-state index in [0.717, 1.165) is 31.2 Å². The van der Waals surface area contributed by atoms with Crippen LogP contribution < -0.4 is 5.73 Å². The van der Waals surface area contributed by atoms with Crippen molar-refractivity contribution >= 4 is 5.91 Å². The standard InChI is InChI=1S/C16H23FN2O/c1-2-19(11-12-6-5-7-13(17)10-12)16(20)14-8-3-4-9-15(14)18/h5-7,10,14-15H,2-4,8-9,11,18H2,1H3. The van der Waals surface area contributed by atoms with Gasteiger partial charge in [-0.05, 0) is 37.5 Å². The number of rotatable bonds is 4. The van der Waals surface area contributed by atoms with Crippen molar-refractivity contribution in [2.24, 2.45) is 11.7 Å². The Hall–Kier alpha value is -1.42. The van der Waals surface area contributed by atoms with E-state index in [9.17, 15) is 9.18 Å². The lowest BCUT2D eigenvalue weighted by Crippen LogP contribution is -2.45. The lowest BCUT2D eigenvalue weighted by atomic mass is 9.84. The minimum Gasteiger partial charge on any atom is -0.338 e. The van der Waals surface area contributed by atoms with Gasteiger partial charge in [-0.25, -0.2) is 4.39 Å². The van der Waals surface area contributed by atoms with Gasteiger partial charge < -0.3 is 10.6 Å². The van der Waals surface area contributed by atoms with Crippen LogP contribution in [0.15, 0.2) is 24.3 Å². The molecule has 4 heteroatoms. The van der Waals surface area contributed by atoms with Gasteiger partial charge in [0.15, 0.2) is 0 Å². The number of benzene rings is 1. The molecule has 1 fully saturated rings. The SMILES string of the molecule is CCN(Cc1cccc(F)c1)C(=O)C1CCCCC1N. The molecule has 110 valence electrons. The number of halogens is 1. The van der Waals surface area contributed by atoms with Gasteiger partial charge in [-0.1, -0.05) is 25.0 Å². The summed E-state index contributed by atoms with van der Waals surface area (Å²) in [5, 5.41) is 0. The average Bonchev–Trinajstić information content (AvgIpc) is 2.44. The molecule has 3 nitrogen and oxygen atoms in total. The number of nitrogens with zero attached hydrogens (tertiary/aromatic N) is 1. The zero-order chi connectivity index (χ0) is 14.5. The number of nitrogens with two attached hydrogens (primary N) is 1. The first-order valence-corrected chi connectivity index (χ1v) is 7.40. The first-order valence-electron chi connectivity index (χ1n) is 7.40. The Bertz CT molecular complexity index is 464. The van der Waals surface area contributed by atoms with E-state index < -0.39 is 0 Å². The van der Waals surface area contributed by atoms with Crippen molar-refractivity contribution in [1.82, 2.24) is 4.90 Å². The van der Waals surface area contributed by atoms with Gasteiger partial charge in [-0.3, -0.25) is 4.79 Å². The monoisotopic (exact) mass is 278 g/mol. The first-order chi connectivity index (χ1) is 9.61. The molecular weight excluding hydrogens is 255 g/mol. The molecule has 0 bridgehead atoms. The van der Waals surface area contributed by atoms with E-state index in [0.29, 0.717) is 13.1 Å². The fourth-order valence-electron chi connectivity index (χ4n) is 2.90. The van der Waals surface area contributed by atoms with E-state index in [1.807, 2.05) is 13.0 Å². The molecule has 2 atom stereocenters. The predicted octanol–water partition coefficient (Wildman–Crippen LogP) is 2.69. The van der Waals surface area contributed by atoms with E-state index >= 15 is 0 Å². The lowest BCUT2D eigenvalue weighted by Gasteiger charge is -2.32. The van der Waals surface area contributed by atoms with Gasteiger partial charge in [0.1, 0.15) is 5.82 Å². The van der Waals surface area contributed by atoms with Crippen molar-refractivity contribution in [1.29, 1.82) is 0 Å². The molecule has 1 amide bonds. The van der Waals surface area contributed by atoms with E-state index in [4.69, 9.17) is 5.73 Å². The number of hydrogen-bond donors (Lipinski definition) is 1. The van der Waals surface area contributed by atoms with Gasteiger partial charge in [-0.15, -0.1) is 0 Å². The van der Waals surface area contributed by atoms with Gasteiger partial charge in [0.25, 0.3) is 0 Å². The van der Waals surface area contributed by atoms with E-state index in [1.54, 1.807) is 11.0 Å². The van der Waals surface area contributed by atoms with Crippen LogP contribution in [0.4, 0.5) is 4.39 Å². The molecule has 2 rings (SSSR count). The minimum absolute atomic E-state index is 0.0298. The molecule has 1 aliphatic carbocycles. The van der Waals surface area contributed by atoms with Crippen LogP contribution in [0.25, 0.3) is 0 Å². The van der Waals surface area contributed by atoms with E-state index in [1.165, 1.54) is 12.1 Å². The van der Waals surface area contributed by atoms with Crippen LogP contribution in [0.5, 0.6) is 0 Å². The maximum absolute atomic E-state index is 13.2. The third-order valence-electron chi connectivity index (χ3n) is 4.09. The molecule has 20 heavy (non-hydrogen) atoms. The van der Waals surface area contributed by atoms with E-state index in [-0.39, 0.29) is 23.7 Å². The summed E-state index contributed by atoms with van der Waals surface area (Å²) in [5.41, 5.74) is 6.91. The Morgan fingerprint density at radius 3 is 2.80 bits per heavy atom. The smallest absolute Gasteiger partial charge is 0.227 e. The van der Waals surface area contributed by atoms with Gasteiger partial charge in [0, 0.05) is 19.1 Å². The average molecular weight is 278 g/mol. The Morgan fingerprint density at radius 1 is 1.40 bits per heavy atom. The second kappa shape index (κ2) is 6.84. The summed E-state index contributed by atoms with van der Waals surface area (Å²) < 4.78 is 13.2. The third kappa shape index (κ3) is 3.57. The van der Waals surface area contributed by atoms with Crippen molar-refractivity contribution < 1.29 is 9.18 Å². The van der Waals surface area contributed by atoms with Crippen LogP contribution in [0, 0.1) is 11.7 Å². The van der Waals surface area contributed by atoms with Crippen LogP contribution in [-0.2, 0) is 11.3 Å². The second-order valence-corrected chi connectivity index (χ2v) is 5.54. The molecule has 0 saturated heterocycles. The summed E-state index contributed by atoms with van der Waals surface area (Å²) >= 11 is 0. The maximum atomic E-state index is 13.2. The molecule has 0 aliphatic heterocycles. The van der Waals surface area contributed by atoms with Crippen molar-refractivity contribution in [3.8, 4) is 0 Å². The molecule has 0 heterocycles. The van der Waals surface area contributed by atoms with Crippen molar-refractivity contribution in [2.75, 3.05) is 6.54 Å². The summed E-state index contributed by atoms with van der Waals surface area (Å²) in [7, 11) is 0. The quantitative estimate of drug-likeness (QED) is 0.920. The Labute approximate surface area is 120 Å². The molecule has 0 spiro atoms. The molecular formula is C16H23FN2O. The van der Waals surface area contributed by atoms with Gasteiger partial charge in [0.05, 0.1) is 5.92 Å². The van der Waals surface area contributed by atoms with Gasteiger partial charge >= 0.3 is 0 Å². The molecule has 2 N–H and O–H groups in total. The van der Waals surface area contributed by atoms with Crippen LogP contribution in [0.2, 0.25) is 0 Å². The highest BCUT2D eigenvalue weighted by Crippen LogP contribution is 2.25. The molecule has 2 unspecified atom stereocenters. The highest BCUT2D eigenvalue weighted by atomic mass is 19.1. The Balaban J connectivity index is 2.05. The highest BCUT2D eigenvalue weighted by molar-refractivity contribution is 5.79. The number of amides is 1. The molecule has 0 aromatic heterocycles. The molecule has 1 aromatic carbocycles. The topological polar surface area (TPSA) is 46.3 Å². The fraction of sp³-hybridized carbons (Fsp3) is 0.562. The van der Waals surface area contributed by atoms with Crippen LogP contribution in [-0.4, -0.2) is 23.4 Å². The predicted molar refractivity (Wildman–Crippen MR) is 77.4 cm³/mol. The first kappa shape index (κ1) is 15.0. The second-order valence-electron chi connectivity index (χ2n) is 5.54. The van der Waals surface area contributed by atoms with Crippen molar-refractivity contribution in [3.05, 3.63) is 35.6 Å². The highest BCUT2D eigenvalue weighted by Gasteiger charge is 2.31. The van der Waals surface area contributed by atoms with Crippen molar-refractivity contribution in [3.63, 3.8) is 0 Å². The lowest BCUT2D eigenvalue weighted by molar-refractivity contribution is -0.137. The zero-order valence-electron chi connectivity index (χ0n) is 12.0. The molecule has 1 saturated carbocycles. The van der Waals surface area contributed by atoms with Gasteiger partial charge in [0.2, 0.25) is 5.91 Å². The number of carbonyl (C=O) groups is 1. The third-order valence-corrected chi connectivity index (χ3v) is 4.09. The Kier molecular flexibility index (Phi) is 5.12. The van der Waals surface area contributed by atoms with Crippen LogP contribution in [0.3, 0.4) is 0 Å². The zero-order valence-corrected chi connectivity index (χ0v) is 12.0. The Morgan fingerprint density at radius 2 is 2.15 bits per heavy atom. The summed E-state index contributed by atoms with van der Waals surface area (Å²) in [5.74, 6) is -0.221. The summed E-state index contributed by atoms with van der Waals surface area (Å²) in [6.07, 6.45) is 3.98. The molecule has 1 aliphatic rings. The largest absolute Gasteiger partial charge is 0.338 e. The minimum atomic E-state index is -0.264. The summed E-state index contributed by atoms with van der Waals surface area (Å²) in [6.45, 7) is 3.03. The number of carbonyl (C=O) groups excluding carboxylic acids is 1. The number of hydrogen-bond acceptors (Lipinski definition) is 2. The summed E-state index contributed by atoms with van der Waals surface area (Å²) in [4.78, 5) is 14.4. The summed E-state index contributed by atoms with van der Waals surface area (Å²) in [6, 6.07) is 6.39. The van der Waals surface area contributed by atoms with E-state index in [2.05, 4.69) is 0 Å². The maximum Gasteiger partial charge on any atom is 0.227 e. The fourth-order valence-corrected chi connectivity index (χ4v) is 2.90. The van der Waals surface area contributed by atoms with Crippen LogP contribution >= 0.6 is 0 Å².